The van der Waals surface area contributed by atoms with Gasteiger partial charge >= 0.3 is 5.97 Å². The normalized spacial score (nSPS) is 11.4. The Bertz CT molecular complexity index is 788. The number of carbonyl (C=O) groups is 2. The molecule has 0 bridgehead atoms. The van der Waals surface area contributed by atoms with Gasteiger partial charge in [0.25, 0.3) is 5.91 Å². The summed E-state index contributed by atoms with van der Waals surface area (Å²) in [6, 6.07) is 10.3. The van der Waals surface area contributed by atoms with E-state index in [1.54, 1.807) is 30.3 Å². The molecule has 0 fully saturated rings. The summed E-state index contributed by atoms with van der Waals surface area (Å²) in [5.74, 6) is -0.915. The Morgan fingerprint density at radius 3 is 2.54 bits per heavy atom. The fourth-order valence-electron chi connectivity index (χ4n) is 2.12. The van der Waals surface area contributed by atoms with Gasteiger partial charge in [-0.05, 0) is 56.2 Å². The minimum atomic E-state index is -0.916. The van der Waals surface area contributed by atoms with E-state index in [0.29, 0.717) is 16.1 Å². The second-order valence-electron chi connectivity index (χ2n) is 5.30. The molecule has 5 nitrogen and oxygen atoms in total. The molecule has 1 aromatic carbocycles. The predicted molar refractivity (Wildman–Crippen MR) is 93.1 cm³/mol. The average molecular weight is 342 g/mol. The molecule has 0 radical (unpaired) electrons. The third kappa shape index (κ3) is 4.21. The van der Waals surface area contributed by atoms with Crippen LogP contribution in [-0.4, -0.2) is 18.0 Å². The maximum atomic E-state index is 12.1. The molecule has 2 rings (SSSR count). The van der Waals surface area contributed by atoms with Crippen molar-refractivity contribution in [1.29, 1.82) is 5.26 Å². The molecule has 1 N–H and O–H groups in total. The summed E-state index contributed by atoms with van der Waals surface area (Å²) in [5, 5.41) is 11.4. The standard InChI is InChI=1S/C18H18N2O3S/c1-4-15-11(2)9-16(24-15)18(22)23-12(3)17(21)20-14-7-5-13(10-19)6-8-14/h5-9,12H,4H2,1-3H3,(H,20,21)/t12-/m0/s1. The Morgan fingerprint density at radius 2 is 2.00 bits per heavy atom. The summed E-state index contributed by atoms with van der Waals surface area (Å²) >= 11 is 1.39. The van der Waals surface area contributed by atoms with E-state index in [0.717, 1.165) is 16.9 Å². The van der Waals surface area contributed by atoms with Gasteiger partial charge in [0, 0.05) is 10.6 Å². The molecule has 1 amide bonds. The number of hydrogen-bond donors (Lipinski definition) is 1. The zero-order valence-electron chi connectivity index (χ0n) is 13.8. The molecule has 0 saturated carbocycles. The average Bonchev–Trinajstić information content (AvgIpc) is 2.96. The minimum Gasteiger partial charge on any atom is -0.448 e. The van der Waals surface area contributed by atoms with Gasteiger partial charge in [0.2, 0.25) is 0 Å². The number of ether oxygens (including phenoxy) is 1. The molecule has 0 aliphatic rings. The van der Waals surface area contributed by atoms with Gasteiger partial charge in [-0.1, -0.05) is 6.92 Å². The number of esters is 1. The van der Waals surface area contributed by atoms with Crippen molar-refractivity contribution < 1.29 is 14.3 Å². The first-order chi connectivity index (χ1) is 11.4. The molecule has 0 aliphatic carbocycles. The molecular weight excluding hydrogens is 324 g/mol. The Balaban J connectivity index is 1.97. The number of carbonyl (C=O) groups excluding carboxylic acids is 2. The van der Waals surface area contributed by atoms with Crippen molar-refractivity contribution in [2.45, 2.75) is 33.3 Å². The monoisotopic (exact) mass is 342 g/mol. The lowest BCUT2D eigenvalue weighted by molar-refractivity contribution is -0.123. The molecule has 0 unspecified atom stereocenters. The Kier molecular flexibility index (Phi) is 5.72. The van der Waals surface area contributed by atoms with Gasteiger partial charge < -0.3 is 10.1 Å². The lowest BCUT2D eigenvalue weighted by Gasteiger charge is -2.13. The molecule has 0 spiro atoms. The Hall–Kier alpha value is -2.65. The van der Waals surface area contributed by atoms with Gasteiger partial charge in [0.15, 0.2) is 6.10 Å². The Morgan fingerprint density at radius 1 is 1.33 bits per heavy atom. The molecule has 2 aromatic rings. The summed E-state index contributed by atoms with van der Waals surface area (Å²) in [6.07, 6.45) is -0.0565. The van der Waals surface area contributed by atoms with Crippen LogP contribution >= 0.6 is 11.3 Å². The summed E-state index contributed by atoms with van der Waals surface area (Å²) in [6.45, 7) is 5.51. The van der Waals surface area contributed by atoms with Crippen molar-refractivity contribution in [3.63, 3.8) is 0 Å². The predicted octanol–water partition coefficient (Wildman–Crippen LogP) is 3.67. The SMILES string of the molecule is CCc1sc(C(=O)O[C@@H](C)C(=O)Nc2ccc(C#N)cc2)cc1C. The van der Waals surface area contributed by atoms with Crippen molar-refractivity contribution >= 4 is 28.9 Å². The van der Waals surface area contributed by atoms with E-state index in [1.165, 1.54) is 18.3 Å². The van der Waals surface area contributed by atoms with Crippen LogP contribution in [0.15, 0.2) is 30.3 Å². The Labute approximate surface area is 144 Å². The smallest absolute Gasteiger partial charge is 0.349 e. The van der Waals surface area contributed by atoms with Crippen LogP contribution in [0.3, 0.4) is 0 Å². The van der Waals surface area contributed by atoms with Gasteiger partial charge in [-0.15, -0.1) is 11.3 Å². The van der Waals surface area contributed by atoms with Gasteiger partial charge in [-0.25, -0.2) is 4.79 Å². The number of nitrogens with one attached hydrogen (secondary N) is 1. The van der Waals surface area contributed by atoms with E-state index in [1.807, 2.05) is 19.9 Å². The maximum absolute atomic E-state index is 12.1. The number of amides is 1. The maximum Gasteiger partial charge on any atom is 0.349 e. The van der Waals surface area contributed by atoms with Crippen LogP contribution in [-0.2, 0) is 16.0 Å². The zero-order valence-corrected chi connectivity index (χ0v) is 14.6. The molecule has 1 atom stereocenters. The highest BCUT2D eigenvalue weighted by Gasteiger charge is 2.21. The topological polar surface area (TPSA) is 79.2 Å². The fourth-order valence-corrected chi connectivity index (χ4v) is 3.11. The molecular formula is C18H18N2O3S. The molecule has 1 aromatic heterocycles. The highest BCUT2D eigenvalue weighted by atomic mass is 32.1. The molecule has 1 heterocycles. The quantitative estimate of drug-likeness (QED) is 0.841. The number of thiophene rings is 1. The number of hydrogen-bond acceptors (Lipinski definition) is 5. The summed E-state index contributed by atoms with van der Waals surface area (Å²) in [5.41, 5.74) is 2.11. The summed E-state index contributed by atoms with van der Waals surface area (Å²) < 4.78 is 5.24. The fraction of sp³-hybridized carbons (Fsp3) is 0.278. The number of nitrogens with zero attached hydrogens (tertiary/aromatic N) is 1. The number of rotatable bonds is 5. The lowest BCUT2D eigenvalue weighted by atomic mass is 10.2. The van der Waals surface area contributed by atoms with E-state index >= 15 is 0 Å². The van der Waals surface area contributed by atoms with E-state index in [4.69, 9.17) is 10.00 Å². The van der Waals surface area contributed by atoms with E-state index in [2.05, 4.69) is 5.32 Å². The first-order valence-electron chi connectivity index (χ1n) is 7.56. The second-order valence-corrected chi connectivity index (χ2v) is 6.43. The minimum absolute atomic E-state index is 0.419. The highest BCUT2D eigenvalue weighted by Crippen LogP contribution is 2.23. The van der Waals surface area contributed by atoms with Crippen LogP contribution in [0.5, 0.6) is 0 Å². The molecule has 6 heteroatoms. The van der Waals surface area contributed by atoms with Crippen LogP contribution in [0, 0.1) is 18.3 Å². The first-order valence-corrected chi connectivity index (χ1v) is 8.37. The zero-order chi connectivity index (χ0) is 17.7. The molecule has 0 saturated heterocycles. The van der Waals surface area contributed by atoms with Crippen molar-refractivity contribution in [2.75, 3.05) is 5.32 Å². The van der Waals surface area contributed by atoms with Crippen molar-refractivity contribution in [3.8, 4) is 6.07 Å². The molecule has 0 aliphatic heterocycles. The number of nitriles is 1. The van der Waals surface area contributed by atoms with E-state index in [9.17, 15) is 9.59 Å². The van der Waals surface area contributed by atoms with Crippen molar-refractivity contribution in [3.05, 3.63) is 51.2 Å². The van der Waals surface area contributed by atoms with Gasteiger partial charge in [-0.3, -0.25) is 4.79 Å². The van der Waals surface area contributed by atoms with E-state index in [-0.39, 0.29) is 0 Å². The van der Waals surface area contributed by atoms with E-state index < -0.39 is 18.0 Å². The van der Waals surface area contributed by atoms with Gasteiger partial charge in [0.05, 0.1) is 11.6 Å². The van der Waals surface area contributed by atoms with Gasteiger partial charge in [0.1, 0.15) is 4.88 Å². The van der Waals surface area contributed by atoms with Gasteiger partial charge in [-0.2, -0.15) is 5.26 Å². The lowest BCUT2D eigenvalue weighted by Crippen LogP contribution is -2.29. The first kappa shape index (κ1) is 17.7. The van der Waals surface area contributed by atoms with Crippen LogP contribution in [0.2, 0.25) is 0 Å². The molecule has 24 heavy (non-hydrogen) atoms. The van der Waals surface area contributed by atoms with Crippen LogP contribution < -0.4 is 5.32 Å². The van der Waals surface area contributed by atoms with Crippen molar-refractivity contribution in [2.24, 2.45) is 0 Å². The number of benzene rings is 1. The van der Waals surface area contributed by atoms with Crippen LogP contribution in [0.1, 0.15) is 39.5 Å². The van der Waals surface area contributed by atoms with Crippen molar-refractivity contribution in [1.82, 2.24) is 0 Å². The third-order valence-corrected chi connectivity index (χ3v) is 4.84. The van der Waals surface area contributed by atoms with Crippen LogP contribution in [0.4, 0.5) is 5.69 Å². The summed E-state index contributed by atoms with van der Waals surface area (Å²) in [7, 11) is 0. The highest BCUT2D eigenvalue weighted by molar-refractivity contribution is 7.14. The van der Waals surface area contributed by atoms with Crippen LogP contribution in [0.25, 0.3) is 0 Å². The molecule has 124 valence electrons. The number of anilines is 1. The summed E-state index contributed by atoms with van der Waals surface area (Å²) in [4.78, 5) is 25.9. The third-order valence-electron chi connectivity index (χ3n) is 3.48. The second kappa shape index (κ2) is 7.75. The number of aryl methyl sites for hydroxylation is 2. The largest absolute Gasteiger partial charge is 0.448 e.